The third-order valence-corrected chi connectivity index (χ3v) is 3.77. The molecule has 2 unspecified atom stereocenters. The van der Waals surface area contributed by atoms with Gasteiger partial charge in [-0.2, -0.15) is 0 Å². The highest BCUT2D eigenvalue weighted by atomic mass is 35.5. The van der Waals surface area contributed by atoms with Crippen LogP contribution in [0.25, 0.3) is 0 Å². The van der Waals surface area contributed by atoms with Crippen molar-refractivity contribution in [3.05, 3.63) is 34.9 Å². The van der Waals surface area contributed by atoms with Crippen LogP contribution in [0.2, 0.25) is 5.02 Å². The summed E-state index contributed by atoms with van der Waals surface area (Å²) in [6.45, 7) is 0.248. The third kappa shape index (κ3) is 6.36. The number of rotatable bonds is 7. The fourth-order valence-electron chi connectivity index (χ4n) is 1.62. The lowest BCUT2D eigenvalue weighted by Crippen LogP contribution is -2.39. The van der Waals surface area contributed by atoms with E-state index < -0.39 is 16.8 Å². The fraction of sp³-hybridized carbons (Fsp3) is 0.462. The van der Waals surface area contributed by atoms with Gasteiger partial charge >= 0.3 is 6.03 Å². The Morgan fingerprint density at radius 2 is 2.05 bits per heavy atom. The summed E-state index contributed by atoms with van der Waals surface area (Å²) in [6, 6.07) is 6.08. The van der Waals surface area contributed by atoms with Gasteiger partial charge in [0.15, 0.2) is 0 Å². The zero-order chi connectivity index (χ0) is 15.0. The minimum Gasteiger partial charge on any atom is -0.394 e. The van der Waals surface area contributed by atoms with Gasteiger partial charge in [0, 0.05) is 34.4 Å². The van der Waals surface area contributed by atoms with Gasteiger partial charge in [0.25, 0.3) is 0 Å². The molecule has 1 aromatic carbocycles. The molecule has 0 aliphatic carbocycles. The number of urea groups is 1. The van der Waals surface area contributed by atoms with Crippen LogP contribution < -0.4 is 10.6 Å². The van der Waals surface area contributed by atoms with Crippen molar-refractivity contribution in [2.75, 3.05) is 25.2 Å². The van der Waals surface area contributed by atoms with Crippen LogP contribution in [-0.4, -0.2) is 40.5 Å². The molecule has 0 fully saturated rings. The second-order valence-electron chi connectivity index (χ2n) is 4.32. The topological polar surface area (TPSA) is 78.4 Å². The molecule has 0 saturated heterocycles. The molecular formula is C13H19ClN2O3S. The second kappa shape index (κ2) is 8.94. The zero-order valence-corrected chi connectivity index (χ0v) is 12.8. The summed E-state index contributed by atoms with van der Waals surface area (Å²) < 4.78 is 10.9. The van der Waals surface area contributed by atoms with E-state index in [1.807, 2.05) is 0 Å². The number of carbonyl (C=O) groups excluding carboxylic acids is 1. The van der Waals surface area contributed by atoms with E-state index in [9.17, 15) is 14.1 Å². The van der Waals surface area contributed by atoms with Gasteiger partial charge in [0.1, 0.15) is 0 Å². The Kier molecular flexibility index (Phi) is 7.58. The number of nitrogens with one attached hydrogen (secondary N) is 2. The summed E-state index contributed by atoms with van der Waals surface area (Å²) in [5.41, 5.74) is 0.779. The normalized spacial score (nSPS) is 13.6. The van der Waals surface area contributed by atoms with E-state index in [-0.39, 0.29) is 12.6 Å². The van der Waals surface area contributed by atoms with Crippen molar-refractivity contribution in [1.82, 2.24) is 10.6 Å². The van der Waals surface area contributed by atoms with Crippen molar-refractivity contribution in [2.24, 2.45) is 0 Å². The number of carbonyl (C=O) groups is 1. The lowest BCUT2D eigenvalue weighted by molar-refractivity contribution is 0.217. The van der Waals surface area contributed by atoms with Gasteiger partial charge in [-0.3, -0.25) is 4.21 Å². The van der Waals surface area contributed by atoms with Gasteiger partial charge < -0.3 is 15.7 Å². The predicted octanol–water partition coefficient (Wildman–Crippen LogP) is 1.44. The smallest absolute Gasteiger partial charge is 0.315 e. The summed E-state index contributed by atoms with van der Waals surface area (Å²) >= 11 is 5.79. The molecule has 0 spiro atoms. The largest absolute Gasteiger partial charge is 0.394 e. The second-order valence-corrected chi connectivity index (χ2v) is 6.31. The van der Waals surface area contributed by atoms with Crippen LogP contribution in [0.3, 0.4) is 0 Å². The van der Waals surface area contributed by atoms with Crippen molar-refractivity contribution >= 4 is 28.4 Å². The molecule has 0 heterocycles. The lowest BCUT2D eigenvalue weighted by atomic mass is 10.1. The Morgan fingerprint density at radius 3 is 2.60 bits per heavy atom. The molecule has 0 aliphatic heterocycles. The molecule has 3 N–H and O–H groups in total. The highest BCUT2D eigenvalue weighted by molar-refractivity contribution is 7.84. The minimum absolute atomic E-state index is 0.200. The molecule has 0 saturated carbocycles. The molecule has 112 valence electrons. The summed E-state index contributed by atoms with van der Waals surface area (Å²) in [6.07, 6.45) is 2.28. The Balaban J connectivity index is 2.41. The predicted molar refractivity (Wildman–Crippen MR) is 81.4 cm³/mol. The van der Waals surface area contributed by atoms with Crippen LogP contribution in [-0.2, 0) is 10.8 Å². The number of benzene rings is 1. The van der Waals surface area contributed by atoms with Crippen LogP contribution in [0.15, 0.2) is 24.3 Å². The van der Waals surface area contributed by atoms with Crippen LogP contribution in [0, 0.1) is 0 Å². The van der Waals surface area contributed by atoms with E-state index in [4.69, 9.17) is 11.6 Å². The quantitative estimate of drug-likeness (QED) is 0.666. The first-order chi connectivity index (χ1) is 9.52. The maximum Gasteiger partial charge on any atom is 0.315 e. The first kappa shape index (κ1) is 16.9. The number of aliphatic hydroxyl groups is 1. The maximum atomic E-state index is 11.7. The number of aliphatic hydroxyl groups excluding tert-OH is 1. The van der Waals surface area contributed by atoms with Crippen LogP contribution in [0.5, 0.6) is 0 Å². The molecule has 2 amide bonds. The van der Waals surface area contributed by atoms with Gasteiger partial charge in [-0.05, 0) is 24.1 Å². The standard InChI is InChI=1S/C13H19ClN2O3S/c1-20(19)8-2-7-15-13(18)16-12(9-17)10-3-5-11(14)6-4-10/h3-6,12,17H,2,7-9H2,1H3,(H2,15,16,18). The van der Waals surface area contributed by atoms with E-state index in [1.165, 1.54) is 0 Å². The average molecular weight is 319 g/mol. The molecule has 0 bridgehead atoms. The molecule has 0 aliphatic rings. The first-order valence-electron chi connectivity index (χ1n) is 6.23. The number of halogens is 1. The van der Waals surface area contributed by atoms with Gasteiger partial charge in [0.2, 0.25) is 0 Å². The van der Waals surface area contributed by atoms with Gasteiger partial charge in [-0.1, -0.05) is 23.7 Å². The van der Waals surface area contributed by atoms with Gasteiger partial charge in [0.05, 0.1) is 12.6 Å². The third-order valence-electron chi connectivity index (χ3n) is 2.65. The summed E-state index contributed by atoms with van der Waals surface area (Å²) in [7, 11) is -0.849. The van der Waals surface area contributed by atoms with E-state index in [0.29, 0.717) is 23.7 Å². The van der Waals surface area contributed by atoms with Crippen LogP contribution in [0.1, 0.15) is 18.0 Å². The molecule has 5 nitrogen and oxygen atoms in total. The first-order valence-corrected chi connectivity index (χ1v) is 8.34. The lowest BCUT2D eigenvalue weighted by Gasteiger charge is -2.17. The van der Waals surface area contributed by atoms with Crippen molar-refractivity contribution in [3.8, 4) is 0 Å². The Hall–Kier alpha value is -1.11. The average Bonchev–Trinajstić information content (AvgIpc) is 2.42. The van der Waals surface area contributed by atoms with E-state index >= 15 is 0 Å². The highest BCUT2D eigenvalue weighted by Gasteiger charge is 2.13. The Morgan fingerprint density at radius 1 is 1.40 bits per heavy atom. The zero-order valence-electron chi connectivity index (χ0n) is 11.3. The molecule has 20 heavy (non-hydrogen) atoms. The highest BCUT2D eigenvalue weighted by Crippen LogP contribution is 2.15. The van der Waals surface area contributed by atoms with Crippen molar-refractivity contribution < 1.29 is 14.1 Å². The van der Waals surface area contributed by atoms with Crippen molar-refractivity contribution in [3.63, 3.8) is 0 Å². The molecule has 7 heteroatoms. The Bertz CT molecular complexity index is 453. The molecular weight excluding hydrogens is 300 g/mol. The van der Waals surface area contributed by atoms with Crippen LogP contribution in [0.4, 0.5) is 4.79 Å². The van der Waals surface area contributed by atoms with E-state index in [2.05, 4.69) is 10.6 Å². The molecule has 0 radical (unpaired) electrons. The van der Waals surface area contributed by atoms with E-state index in [1.54, 1.807) is 30.5 Å². The molecule has 0 aromatic heterocycles. The van der Waals surface area contributed by atoms with Crippen molar-refractivity contribution in [1.29, 1.82) is 0 Å². The number of hydrogen-bond donors (Lipinski definition) is 3. The van der Waals surface area contributed by atoms with E-state index in [0.717, 1.165) is 5.56 Å². The van der Waals surface area contributed by atoms with Crippen LogP contribution >= 0.6 is 11.6 Å². The summed E-state index contributed by atoms with van der Waals surface area (Å²) in [4.78, 5) is 11.7. The SMILES string of the molecule is CS(=O)CCCNC(=O)NC(CO)c1ccc(Cl)cc1. The maximum absolute atomic E-state index is 11.7. The number of amides is 2. The molecule has 1 aromatic rings. The van der Waals surface area contributed by atoms with Crippen molar-refractivity contribution in [2.45, 2.75) is 12.5 Å². The summed E-state index contributed by atoms with van der Waals surface area (Å²) in [5.74, 6) is 0.556. The molecule has 2 atom stereocenters. The van der Waals surface area contributed by atoms with Gasteiger partial charge in [-0.25, -0.2) is 4.79 Å². The Labute approximate surface area is 126 Å². The molecule has 1 rings (SSSR count). The summed E-state index contributed by atoms with van der Waals surface area (Å²) in [5, 5.41) is 15.3. The van der Waals surface area contributed by atoms with Gasteiger partial charge in [-0.15, -0.1) is 0 Å². The monoisotopic (exact) mass is 318 g/mol. The minimum atomic E-state index is -0.849. The number of hydrogen-bond acceptors (Lipinski definition) is 3. The fourth-order valence-corrected chi connectivity index (χ4v) is 2.29.